The first-order chi connectivity index (χ1) is 7.62. The summed E-state index contributed by atoms with van der Waals surface area (Å²) in [5.74, 6) is 1.78. The Bertz CT molecular complexity index is 250. The van der Waals surface area contributed by atoms with Crippen molar-refractivity contribution < 1.29 is 4.79 Å². The van der Waals surface area contributed by atoms with Gasteiger partial charge in [-0.2, -0.15) is 0 Å². The summed E-state index contributed by atoms with van der Waals surface area (Å²) in [5, 5.41) is 0. The quantitative estimate of drug-likeness (QED) is 0.678. The van der Waals surface area contributed by atoms with Gasteiger partial charge in [0.15, 0.2) is 0 Å². The number of hydrogen-bond acceptors (Lipinski definition) is 1. The summed E-state index contributed by atoms with van der Waals surface area (Å²) in [6.07, 6.45) is 11.1. The Morgan fingerprint density at radius 3 is 2.38 bits per heavy atom. The highest BCUT2D eigenvalue weighted by Gasteiger charge is 2.39. The highest BCUT2D eigenvalue weighted by Crippen LogP contribution is 2.42. The Balaban J connectivity index is 1.99. The van der Waals surface area contributed by atoms with Crippen LogP contribution in [0, 0.1) is 17.3 Å². The van der Waals surface area contributed by atoms with Gasteiger partial charge in [-0.1, -0.05) is 46.0 Å². The summed E-state index contributed by atoms with van der Waals surface area (Å²) in [7, 11) is 0. The molecule has 1 heteroatoms. The highest BCUT2D eigenvalue weighted by atomic mass is 16.1. The monoisotopic (exact) mass is 222 g/mol. The van der Waals surface area contributed by atoms with Crippen LogP contribution in [0.15, 0.2) is 0 Å². The lowest BCUT2D eigenvalue weighted by Gasteiger charge is -2.37. The maximum absolute atomic E-state index is 12.6. The Hall–Kier alpha value is -0.330. The predicted molar refractivity (Wildman–Crippen MR) is 67.3 cm³/mol. The van der Waals surface area contributed by atoms with Crippen LogP contribution in [-0.2, 0) is 4.79 Å². The molecule has 2 atom stereocenters. The van der Waals surface area contributed by atoms with Crippen LogP contribution in [0.1, 0.15) is 71.6 Å². The zero-order chi connectivity index (χ0) is 11.6. The molecule has 2 fully saturated rings. The molecule has 2 saturated carbocycles. The Morgan fingerprint density at radius 1 is 1.06 bits per heavy atom. The van der Waals surface area contributed by atoms with Gasteiger partial charge in [0, 0.05) is 11.3 Å². The smallest absolute Gasteiger partial charge is 0.141 e. The van der Waals surface area contributed by atoms with E-state index in [0.29, 0.717) is 11.7 Å². The fraction of sp³-hybridized carbons (Fsp3) is 0.933. The van der Waals surface area contributed by atoms with Crippen LogP contribution < -0.4 is 0 Å². The lowest BCUT2D eigenvalue weighted by molar-refractivity contribution is -0.135. The van der Waals surface area contributed by atoms with Gasteiger partial charge < -0.3 is 0 Å². The van der Waals surface area contributed by atoms with Crippen molar-refractivity contribution in [2.24, 2.45) is 17.3 Å². The zero-order valence-electron chi connectivity index (χ0n) is 10.9. The van der Waals surface area contributed by atoms with Crippen molar-refractivity contribution in [2.45, 2.75) is 71.6 Å². The maximum atomic E-state index is 12.6. The van der Waals surface area contributed by atoms with Gasteiger partial charge in [-0.15, -0.1) is 0 Å². The Kier molecular flexibility index (Phi) is 3.71. The lowest BCUT2D eigenvalue weighted by atomic mass is 9.66. The highest BCUT2D eigenvalue weighted by molar-refractivity contribution is 5.86. The molecule has 0 radical (unpaired) electrons. The SMILES string of the molecule is CC1CCCC(C(=O)C2(C)CCCCC2)C1. The van der Waals surface area contributed by atoms with E-state index in [0.717, 1.165) is 25.2 Å². The molecule has 0 aliphatic heterocycles. The van der Waals surface area contributed by atoms with E-state index in [9.17, 15) is 4.79 Å². The third-order valence-electron chi connectivity index (χ3n) is 4.86. The van der Waals surface area contributed by atoms with Crippen LogP contribution in [-0.4, -0.2) is 5.78 Å². The largest absolute Gasteiger partial charge is 0.299 e. The van der Waals surface area contributed by atoms with Crippen molar-refractivity contribution in [1.29, 1.82) is 0 Å². The van der Waals surface area contributed by atoms with Crippen LogP contribution >= 0.6 is 0 Å². The second kappa shape index (κ2) is 4.89. The average Bonchev–Trinajstić information content (AvgIpc) is 2.29. The van der Waals surface area contributed by atoms with Crippen LogP contribution in [0.25, 0.3) is 0 Å². The molecule has 16 heavy (non-hydrogen) atoms. The number of carbonyl (C=O) groups excluding carboxylic acids is 1. The molecule has 0 spiro atoms. The van der Waals surface area contributed by atoms with E-state index in [-0.39, 0.29) is 5.41 Å². The van der Waals surface area contributed by atoms with Gasteiger partial charge in [-0.05, 0) is 31.6 Å². The maximum Gasteiger partial charge on any atom is 0.141 e. The number of carbonyl (C=O) groups is 1. The number of hydrogen-bond donors (Lipinski definition) is 0. The first-order valence-corrected chi connectivity index (χ1v) is 7.16. The van der Waals surface area contributed by atoms with E-state index in [1.165, 1.54) is 38.5 Å². The topological polar surface area (TPSA) is 17.1 Å². The summed E-state index contributed by atoms with van der Waals surface area (Å²) >= 11 is 0. The van der Waals surface area contributed by atoms with Crippen molar-refractivity contribution in [3.63, 3.8) is 0 Å². The first-order valence-electron chi connectivity index (χ1n) is 7.16. The van der Waals surface area contributed by atoms with Crippen LogP contribution in [0.4, 0.5) is 0 Å². The minimum Gasteiger partial charge on any atom is -0.299 e. The molecular formula is C15H26O. The minimum atomic E-state index is 0.0416. The summed E-state index contributed by atoms with van der Waals surface area (Å²) in [6, 6.07) is 0. The van der Waals surface area contributed by atoms with Gasteiger partial charge in [0.1, 0.15) is 5.78 Å². The first kappa shape index (κ1) is 12.1. The number of rotatable bonds is 2. The second-order valence-corrected chi connectivity index (χ2v) is 6.45. The summed E-state index contributed by atoms with van der Waals surface area (Å²) in [5.41, 5.74) is 0.0416. The lowest BCUT2D eigenvalue weighted by Crippen LogP contribution is -2.37. The van der Waals surface area contributed by atoms with Crippen molar-refractivity contribution >= 4 is 5.78 Å². The fourth-order valence-electron chi connectivity index (χ4n) is 3.74. The van der Waals surface area contributed by atoms with Crippen molar-refractivity contribution in [3.8, 4) is 0 Å². The van der Waals surface area contributed by atoms with Crippen LogP contribution in [0.2, 0.25) is 0 Å². The van der Waals surface area contributed by atoms with Gasteiger partial charge in [0.05, 0.1) is 0 Å². The molecule has 0 aromatic heterocycles. The summed E-state index contributed by atoms with van der Waals surface area (Å²) < 4.78 is 0. The summed E-state index contributed by atoms with van der Waals surface area (Å²) in [6.45, 7) is 4.54. The Morgan fingerprint density at radius 2 is 1.75 bits per heavy atom. The van der Waals surface area contributed by atoms with Crippen LogP contribution in [0.3, 0.4) is 0 Å². The molecule has 0 heterocycles. The normalized spacial score (nSPS) is 34.6. The van der Waals surface area contributed by atoms with Crippen molar-refractivity contribution in [1.82, 2.24) is 0 Å². The molecule has 1 nitrogen and oxygen atoms in total. The van der Waals surface area contributed by atoms with Gasteiger partial charge in [0.25, 0.3) is 0 Å². The molecule has 0 bridgehead atoms. The zero-order valence-corrected chi connectivity index (χ0v) is 10.9. The number of ketones is 1. The Labute approximate surface area is 100.0 Å². The van der Waals surface area contributed by atoms with E-state index >= 15 is 0 Å². The third-order valence-corrected chi connectivity index (χ3v) is 4.86. The molecule has 0 aromatic carbocycles. The summed E-state index contributed by atoms with van der Waals surface area (Å²) in [4.78, 5) is 12.6. The average molecular weight is 222 g/mol. The molecule has 92 valence electrons. The van der Waals surface area contributed by atoms with Gasteiger partial charge in [-0.25, -0.2) is 0 Å². The standard InChI is InChI=1S/C15H26O/c1-12-7-6-8-13(11-12)14(16)15(2)9-4-3-5-10-15/h12-13H,3-11H2,1-2H3. The number of Topliss-reactive ketones (excluding diaryl/α,β-unsaturated/α-hetero) is 1. The van der Waals surface area contributed by atoms with Crippen LogP contribution in [0.5, 0.6) is 0 Å². The fourth-order valence-corrected chi connectivity index (χ4v) is 3.74. The van der Waals surface area contributed by atoms with E-state index < -0.39 is 0 Å². The van der Waals surface area contributed by atoms with Gasteiger partial charge in [0.2, 0.25) is 0 Å². The van der Waals surface area contributed by atoms with Gasteiger partial charge >= 0.3 is 0 Å². The van der Waals surface area contributed by atoms with E-state index in [1.807, 2.05) is 0 Å². The van der Waals surface area contributed by atoms with E-state index in [4.69, 9.17) is 0 Å². The molecule has 2 aliphatic rings. The third kappa shape index (κ3) is 2.49. The molecule has 0 aromatic rings. The molecule has 2 unspecified atom stereocenters. The molecule has 0 amide bonds. The van der Waals surface area contributed by atoms with Crippen molar-refractivity contribution in [2.75, 3.05) is 0 Å². The van der Waals surface area contributed by atoms with E-state index in [2.05, 4.69) is 13.8 Å². The molecule has 2 rings (SSSR count). The minimum absolute atomic E-state index is 0.0416. The van der Waals surface area contributed by atoms with Crippen molar-refractivity contribution in [3.05, 3.63) is 0 Å². The molecular weight excluding hydrogens is 196 g/mol. The predicted octanol–water partition coefficient (Wildman–Crippen LogP) is 4.35. The molecule has 2 aliphatic carbocycles. The molecule has 0 N–H and O–H groups in total. The second-order valence-electron chi connectivity index (χ2n) is 6.45. The van der Waals surface area contributed by atoms with E-state index in [1.54, 1.807) is 0 Å². The van der Waals surface area contributed by atoms with Gasteiger partial charge in [-0.3, -0.25) is 4.79 Å². The molecule has 0 saturated heterocycles.